The second-order valence-electron chi connectivity index (χ2n) is 5.09. The second-order valence-corrected chi connectivity index (χ2v) is 7.48. The number of hydrogen-bond acceptors (Lipinski definition) is 4. The van der Waals surface area contributed by atoms with E-state index >= 15 is 0 Å². The maximum atomic E-state index is 11.8. The summed E-state index contributed by atoms with van der Waals surface area (Å²) in [6, 6.07) is 17.8. The topological polar surface area (TPSA) is 56.2 Å². The number of rotatable bonds is 4. The van der Waals surface area contributed by atoms with E-state index in [1.54, 1.807) is 6.26 Å². The van der Waals surface area contributed by atoms with Crippen LogP contribution in [0.3, 0.4) is 0 Å². The normalized spacial score (nSPS) is 13.8. The summed E-state index contributed by atoms with van der Waals surface area (Å²) in [6.45, 7) is 0. The lowest BCUT2D eigenvalue weighted by Gasteiger charge is -2.07. The third-order valence-corrected chi connectivity index (χ3v) is 6.09. The van der Waals surface area contributed by atoms with Crippen LogP contribution in [0.25, 0.3) is 28.0 Å². The van der Waals surface area contributed by atoms with E-state index in [2.05, 4.69) is 0 Å². The molecule has 0 aliphatic carbocycles. The van der Waals surface area contributed by atoms with E-state index in [1.807, 2.05) is 60.9 Å². The van der Waals surface area contributed by atoms with Gasteiger partial charge in [-0.1, -0.05) is 30.3 Å². The Morgan fingerprint density at radius 2 is 1.87 bits per heavy atom. The Labute approximate surface area is 142 Å². The number of nitrogens with two attached hydrogens (primary N) is 1. The van der Waals surface area contributed by atoms with Crippen LogP contribution < -0.4 is 5.73 Å². The summed E-state index contributed by atoms with van der Waals surface area (Å²) in [5.41, 5.74) is 9.46. The smallest absolute Gasteiger partial charge is 0.135 e. The Morgan fingerprint density at radius 1 is 1.13 bits per heavy atom. The van der Waals surface area contributed by atoms with Crippen LogP contribution in [0.5, 0.6) is 0 Å². The highest BCUT2D eigenvalue weighted by molar-refractivity contribution is 8.16. The number of hydrogen-bond donors (Lipinski definition) is 1. The van der Waals surface area contributed by atoms with Crippen LogP contribution in [0.15, 0.2) is 63.3 Å². The van der Waals surface area contributed by atoms with Crippen molar-refractivity contribution in [1.29, 1.82) is 0 Å². The Balaban J connectivity index is 2.08. The molecule has 23 heavy (non-hydrogen) atoms. The standard InChI is InChI=1S/C18H17NO2S2/c1-22-18(23(2)20)17(19)13-8-9-15-14(10-13)11-16(21-15)12-6-4-3-5-7-12/h3-11H,19H2,1-2H3. The Bertz CT molecular complexity index is 898. The fourth-order valence-corrected chi connectivity index (χ4v) is 4.16. The summed E-state index contributed by atoms with van der Waals surface area (Å²) >= 11 is 1.42. The predicted molar refractivity (Wildman–Crippen MR) is 100 cm³/mol. The molecule has 5 heteroatoms. The molecule has 0 fully saturated rings. The summed E-state index contributed by atoms with van der Waals surface area (Å²) in [5, 5.41) is 0.978. The first kappa shape index (κ1) is 15.9. The minimum atomic E-state index is -1.10. The molecule has 0 spiro atoms. The van der Waals surface area contributed by atoms with Crippen molar-refractivity contribution in [3.63, 3.8) is 0 Å². The van der Waals surface area contributed by atoms with E-state index in [0.29, 0.717) is 9.93 Å². The monoisotopic (exact) mass is 343 g/mol. The summed E-state index contributed by atoms with van der Waals surface area (Å²) < 4.78 is 18.4. The van der Waals surface area contributed by atoms with E-state index in [4.69, 9.17) is 10.2 Å². The van der Waals surface area contributed by atoms with E-state index in [9.17, 15) is 4.21 Å². The highest BCUT2D eigenvalue weighted by Crippen LogP contribution is 2.31. The zero-order chi connectivity index (χ0) is 16.4. The minimum Gasteiger partial charge on any atom is -0.456 e. The van der Waals surface area contributed by atoms with Gasteiger partial charge in [-0.25, -0.2) is 0 Å². The molecule has 1 atom stereocenters. The molecule has 118 valence electrons. The third-order valence-electron chi connectivity index (χ3n) is 3.55. The Kier molecular flexibility index (Phi) is 4.59. The van der Waals surface area contributed by atoms with Gasteiger partial charge in [0.25, 0.3) is 0 Å². The largest absolute Gasteiger partial charge is 0.456 e. The van der Waals surface area contributed by atoms with Crippen molar-refractivity contribution in [1.82, 2.24) is 0 Å². The van der Waals surface area contributed by atoms with E-state index in [1.165, 1.54) is 11.8 Å². The van der Waals surface area contributed by atoms with Gasteiger partial charge < -0.3 is 10.2 Å². The fourth-order valence-electron chi connectivity index (χ4n) is 2.46. The van der Waals surface area contributed by atoms with Gasteiger partial charge in [-0.05, 0) is 30.5 Å². The number of thioether (sulfide) groups is 1. The first-order chi connectivity index (χ1) is 11.1. The molecule has 1 heterocycles. The van der Waals surface area contributed by atoms with Crippen molar-refractivity contribution in [2.45, 2.75) is 0 Å². The van der Waals surface area contributed by atoms with Crippen LogP contribution in [-0.2, 0) is 10.8 Å². The summed E-state index contributed by atoms with van der Waals surface area (Å²) in [5.74, 6) is 0.824. The van der Waals surface area contributed by atoms with Gasteiger partial charge in [0, 0.05) is 22.8 Å². The maximum absolute atomic E-state index is 11.8. The molecule has 0 saturated heterocycles. The molecular formula is C18H17NO2S2. The second kappa shape index (κ2) is 6.64. The van der Waals surface area contributed by atoms with Crippen LogP contribution in [-0.4, -0.2) is 16.7 Å². The average Bonchev–Trinajstić information content (AvgIpc) is 2.99. The molecule has 0 bridgehead atoms. The van der Waals surface area contributed by atoms with Gasteiger partial charge in [0.15, 0.2) is 0 Å². The van der Waals surface area contributed by atoms with E-state index in [-0.39, 0.29) is 0 Å². The highest BCUT2D eigenvalue weighted by Gasteiger charge is 2.11. The van der Waals surface area contributed by atoms with E-state index < -0.39 is 10.8 Å². The molecule has 2 aromatic carbocycles. The van der Waals surface area contributed by atoms with Crippen LogP contribution in [0.4, 0.5) is 0 Å². The van der Waals surface area contributed by atoms with Crippen LogP contribution >= 0.6 is 11.8 Å². The lowest BCUT2D eigenvalue weighted by atomic mass is 10.1. The highest BCUT2D eigenvalue weighted by atomic mass is 32.2. The average molecular weight is 343 g/mol. The lowest BCUT2D eigenvalue weighted by Crippen LogP contribution is -2.03. The zero-order valence-corrected chi connectivity index (χ0v) is 14.5. The summed E-state index contributed by atoms with van der Waals surface area (Å²) in [7, 11) is -1.10. The Hall–Kier alpha value is -1.98. The number of fused-ring (bicyclic) bond motifs is 1. The van der Waals surface area contributed by atoms with Crippen LogP contribution in [0.1, 0.15) is 5.56 Å². The first-order valence-corrected chi connectivity index (χ1v) is 9.85. The van der Waals surface area contributed by atoms with Gasteiger partial charge in [-0.15, -0.1) is 11.8 Å². The molecule has 0 aliphatic rings. The molecular weight excluding hydrogens is 326 g/mol. The molecule has 1 unspecified atom stereocenters. The van der Waals surface area contributed by atoms with Gasteiger partial charge in [0.2, 0.25) is 0 Å². The van der Waals surface area contributed by atoms with E-state index in [0.717, 1.165) is 27.9 Å². The molecule has 2 N–H and O–H groups in total. The molecule has 0 aliphatic heterocycles. The van der Waals surface area contributed by atoms with Crippen molar-refractivity contribution in [3.05, 3.63) is 64.4 Å². The molecule has 3 aromatic rings. The molecule has 1 aromatic heterocycles. The zero-order valence-electron chi connectivity index (χ0n) is 12.9. The van der Waals surface area contributed by atoms with Crippen LogP contribution in [0, 0.1) is 0 Å². The summed E-state index contributed by atoms with van der Waals surface area (Å²) in [6.07, 6.45) is 3.52. The predicted octanol–water partition coefficient (Wildman–Crippen LogP) is 4.43. The van der Waals surface area contributed by atoms with Crippen molar-refractivity contribution >= 4 is 39.2 Å². The lowest BCUT2D eigenvalue weighted by molar-refractivity contribution is 0.631. The maximum Gasteiger partial charge on any atom is 0.135 e. The van der Waals surface area contributed by atoms with Crippen molar-refractivity contribution in [2.75, 3.05) is 12.5 Å². The quantitative estimate of drug-likeness (QED) is 0.761. The SMILES string of the molecule is CSC(=C(N)c1ccc2oc(-c3ccccc3)cc2c1)S(C)=O. The van der Waals surface area contributed by atoms with Gasteiger partial charge in [0.1, 0.15) is 11.3 Å². The Morgan fingerprint density at radius 3 is 2.52 bits per heavy atom. The minimum absolute atomic E-state index is 0.558. The molecule has 3 rings (SSSR count). The van der Waals surface area contributed by atoms with Gasteiger partial charge in [-0.3, -0.25) is 4.21 Å². The van der Waals surface area contributed by atoms with Gasteiger partial charge >= 0.3 is 0 Å². The molecule has 0 saturated carbocycles. The first-order valence-electron chi connectivity index (χ1n) is 7.06. The molecule has 0 radical (unpaired) electrons. The molecule has 3 nitrogen and oxygen atoms in total. The van der Waals surface area contributed by atoms with Crippen molar-refractivity contribution in [3.8, 4) is 11.3 Å². The molecule has 0 amide bonds. The van der Waals surface area contributed by atoms with Crippen molar-refractivity contribution < 1.29 is 8.63 Å². The summed E-state index contributed by atoms with van der Waals surface area (Å²) in [4.78, 5) is 0. The fraction of sp³-hybridized carbons (Fsp3) is 0.111. The van der Waals surface area contributed by atoms with Crippen molar-refractivity contribution in [2.24, 2.45) is 5.73 Å². The van der Waals surface area contributed by atoms with Crippen LogP contribution in [0.2, 0.25) is 0 Å². The third kappa shape index (κ3) is 3.21. The number of benzene rings is 2. The van der Waals surface area contributed by atoms with Gasteiger partial charge in [0.05, 0.1) is 20.7 Å². The number of furan rings is 1. The van der Waals surface area contributed by atoms with Gasteiger partial charge in [-0.2, -0.15) is 0 Å².